The van der Waals surface area contributed by atoms with Crippen molar-refractivity contribution < 1.29 is 9.59 Å². The fourth-order valence-electron chi connectivity index (χ4n) is 3.83. The lowest BCUT2D eigenvalue weighted by atomic mass is 10.00. The van der Waals surface area contributed by atoms with Crippen LogP contribution in [0.3, 0.4) is 0 Å². The van der Waals surface area contributed by atoms with Crippen molar-refractivity contribution in [3.63, 3.8) is 0 Å². The molecule has 0 aromatic carbocycles. The summed E-state index contributed by atoms with van der Waals surface area (Å²) in [4.78, 5) is 25.8. The Hall–Kier alpha value is -1.10. The van der Waals surface area contributed by atoms with Crippen molar-refractivity contribution in [1.29, 1.82) is 0 Å². The summed E-state index contributed by atoms with van der Waals surface area (Å²) in [5, 5.41) is 6.71. The molecule has 0 aliphatic carbocycles. The Kier molecular flexibility index (Phi) is 4.24. The molecule has 3 aliphatic rings. The van der Waals surface area contributed by atoms with Crippen LogP contribution >= 0.6 is 0 Å². The zero-order valence-electron chi connectivity index (χ0n) is 12.1. The molecule has 3 heterocycles. The van der Waals surface area contributed by atoms with Crippen LogP contribution in [-0.4, -0.2) is 47.9 Å². The summed E-state index contributed by atoms with van der Waals surface area (Å²) in [5.41, 5.74) is 0. The fraction of sp³-hybridized carbons (Fsp3) is 0.867. The molecule has 0 aromatic rings. The van der Waals surface area contributed by atoms with Gasteiger partial charge in [0.05, 0.1) is 6.54 Å². The Morgan fingerprint density at radius 3 is 2.70 bits per heavy atom. The predicted molar refractivity (Wildman–Crippen MR) is 76.2 cm³/mol. The van der Waals surface area contributed by atoms with Crippen LogP contribution in [0.5, 0.6) is 0 Å². The quantitative estimate of drug-likeness (QED) is 0.803. The molecule has 0 radical (unpaired) electrons. The lowest BCUT2D eigenvalue weighted by Crippen LogP contribution is -2.50. The normalized spacial score (nSPS) is 33.9. The second kappa shape index (κ2) is 6.12. The Morgan fingerprint density at radius 1 is 1.20 bits per heavy atom. The first-order valence-electron chi connectivity index (χ1n) is 8.04. The van der Waals surface area contributed by atoms with Gasteiger partial charge in [-0.05, 0) is 38.5 Å². The van der Waals surface area contributed by atoms with Crippen LogP contribution in [0.25, 0.3) is 0 Å². The van der Waals surface area contributed by atoms with E-state index in [0.717, 1.165) is 38.6 Å². The number of hydrogen-bond acceptors (Lipinski definition) is 3. The van der Waals surface area contributed by atoms with Crippen LogP contribution in [0.1, 0.15) is 51.4 Å². The Morgan fingerprint density at radius 2 is 1.95 bits per heavy atom. The molecule has 0 spiro atoms. The largest absolute Gasteiger partial charge is 0.352 e. The summed E-state index contributed by atoms with van der Waals surface area (Å²) < 4.78 is 0. The van der Waals surface area contributed by atoms with Crippen LogP contribution < -0.4 is 10.6 Å². The zero-order valence-corrected chi connectivity index (χ0v) is 12.1. The smallest absolute Gasteiger partial charge is 0.239 e. The van der Waals surface area contributed by atoms with Crippen molar-refractivity contribution in [2.45, 2.75) is 69.5 Å². The Balaban J connectivity index is 1.48. The number of piperidine rings is 1. The van der Waals surface area contributed by atoms with Crippen LogP contribution in [0.4, 0.5) is 0 Å². The minimum atomic E-state index is 0.0200. The summed E-state index contributed by atoms with van der Waals surface area (Å²) in [6.07, 6.45) is 8.24. The third kappa shape index (κ3) is 3.32. The maximum atomic E-state index is 12.1. The van der Waals surface area contributed by atoms with Crippen molar-refractivity contribution in [2.24, 2.45) is 0 Å². The van der Waals surface area contributed by atoms with Crippen LogP contribution in [0.2, 0.25) is 0 Å². The predicted octanol–water partition coefficient (Wildman–Crippen LogP) is 0.788. The molecular weight excluding hydrogens is 254 g/mol. The van der Waals surface area contributed by atoms with Gasteiger partial charge in [-0.25, -0.2) is 0 Å². The van der Waals surface area contributed by atoms with Gasteiger partial charge in [-0.3, -0.25) is 9.59 Å². The summed E-state index contributed by atoms with van der Waals surface area (Å²) >= 11 is 0. The second-order valence-corrected chi connectivity index (χ2v) is 6.50. The van der Waals surface area contributed by atoms with Gasteiger partial charge in [-0.1, -0.05) is 6.42 Å². The molecule has 20 heavy (non-hydrogen) atoms. The molecule has 2 N–H and O–H groups in total. The van der Waals surface area contributed by atoms with E-state index in [9.17, 15) is 9.59 Å². The van der Waals surface area contributed by atoms with Crippen LogP contribution in [0, 0.1) is 0 Å². The number of nitrogens with zero attached hydrogens (tertiary/aromatic N) is 1. The number of likely N-dealkylation sites (tertiary alicyclic amines) is 1. The number of fused-ring (bicyclic) bond motifs is 2. The van der Waals surface area contributed by atoms with Gasteiger partial charge in [0, 0.05) is 31.1 Å². The van der Waals surface area contributed by atoms with Crippen LogP contribution in [0.15, 0.2) is 0 Å². The average molecular weight is 279 g/mol. The highest BCUT2D eigenvalue weighted by Gasteiger charge is 2.34. The van der Waals surface area contributed by atoms with E-state index in [-0.39, 0.29) is 18.4 Å². The molecule has 2 bridgehead atoms. The molecule has 3 saturated heterocycles. The van der Waals surface area contributed by atoms with E-state index in [1.54, 1.807) is 4.90 Å². The van der Waals surface area contributed by atoms with Gasteiger partial charge in [0.2, 0.25) is 11.8 Å². The van der Waals surface area contributed by atoms with Crippen molar-refractivity contribution >= 4 is 11.8 Å². The van der Waals surface area contributed by atoms with E-state index in [2.05, 4.69) is 10.6 Å². The average Bonchev–Trinajstić information content (AvgIpc) is 2.62. The summed E-state index contributed by atoms with van der Waals surface area (Å²) in [6, 6.07) is 1.46. The van der Waals surface area contributed by atoms with E-state index in [4.69, 9.17) is 0 Å². The minimum absolute atomic E-state index is 0.0200. The molecular formula is C15H25N3O2. The lowest BCUT2D eigenvalue weighted by molar-refractivity contribution is -0.135. The topological polar surface area (TPSA) is 61.4 Å². The van der Waals surface area contributed by atoms with E-state index in [0.29, 0.717) is 24.5 Å². The number of carbonyl (C=O) groups is 2. The highest BCUT2D eigenvalue weighted by molar-refractivity contribution is 5.85. The molecule has 5 heteroatoms. The first kappa shape index (κ1) is 13.9. The van der Waals surface area contributed by atoms with Gasteiger partial charge in [-0.15, -0.1) is 0 Å². The first-order valence-corrected chi connectivity index (χ1v) is 8.04. The molecule has 3 rings (SSSR count). The Labute approximate surface area is 120 Å². The van der Waals surface area contributed by atoms with E-state index in [1.165, 1.54) is 12.8 Å². The van der Waals surface area contributed by atoms with E-state index in [1.807, 2.05) is 0 Å². The highest BCUT2D eigenvalue weighted by Crippen LogP contribution is 2.26. The van der Waals surface area contributed by atoms with E-state index >= 15 is 0 Å². The fourth-order valence-corrected chi connectivity index (χ4v) is 3.83. The van der Waals surface area contributed by atoms with Gasteiger partial charge in [-0.2, -0.15) is 0 Å². The second-order valence-electron chi connectivity index (χ2n) is 6.50. The Bertz CT molecular complexity index is 373. The van der Waals surface area contributed by atoms with E-state index < -0.39 is 0 Å². The number of amides is 2. The summed E-state index contributed by atoms with van der Waals surface area (Å²) in [6.45, 7) is 0.988. The molecule has 2 unspecified atom stereocenters. The number of rotatable bonds is 3. The minimum Gasteiger partial charge on any atom is -0.352 e. The van der Waals surface area contributed by atoms with Gasteiger partial charge < -0.3 is 15.5 Å². The number of nitrogens with one attached hydrogen (secondary N) is 2. The maximum Gasteiger partial charge on any atom is 0.239 e. The molecule has 3 fully saturated rings. The van der Waals surface area contributed by atoms with Crippen LogP contribution in [-0.2, 0) is 9.59 Å². The molecule has 0 saturated carbocycles. The molecule has 5 nitrogen and oxygen atoms in total. The lowest BCUT2D eigenvalue weighted by Gasteiger charge is -2.30. The molecule has 2 atom stereocenters. The number of hydrogen-bond donors (Lipinski definition) is 2. The molecule has 112 valence electrons. The summed E-state index contributed by atoms with van der Waals surface area (Å²) in [5.74, 6) is 0.162. The first-order chi connectivity index (χ1) is 9.70. The molecule has 3 aliphatic heterocycles. The van der Waals surface area contributed by atoms with Gasteiger partial charge >= 0.3 is 0 Å². The zero-order chi connectivity index (χ0) is 13.9. The van der Waals surface area contributed by atoms with Crippen molar-refractivity contribution in [2.75, 3.05) is 13.1 Å². The SMILES string of the molecule is O=C(CN1CCCCCC1=O)NC1CC2CCC(C1)N2. The van der Waals surface area contributed by atoms with Crippen molar-refractivity contribution in [1.82, 2.24) is 15.5 Å². The van der Waals surface area contributed by atoms with Crippen molar-refractivity contribution in [3.05, 3.63) is 0 Å². The third-order valence-electron chi connectivity index (χ3n) is 4.84. The van der Waals surface area contributed by atoms with Gasteiger partial charge in [0.1, 0.15) is 0 Å². The third-order valence-corrected chi connectivity index (χ3v) is 4.84. The number of carbonyl (C=O) groups excluding carboxylic acids is 2. The highest BCUT2D eigenvalue weighted by atomic mass is 16.2. The van der Waals surface area contributed by atoms with Gasteiger partial charge in [0.15, 0.2) is 0 Å². The monoisotopic (exact) mass is 279 g/mol. The maximum absolute atomic E-state index is 12.1. The van der Waals surface area contributed by atoms with Gasteiger partial charge in [0.25, 0.3) is 0 Å². The summed E-state index contributed by atoms with van der Waals surface area (Å²) in [7, 11) is 0. The molecule has 0 aromatic heterocycles. The standard InChI is InChI=1S/C15H25N3O2/c19-14(10-18-7-3-1-2-4-15(18)20)17-13-8-11-5-6-12(9-13)16-11/h11-13,16H,1-10H2,(H,17,19). The molecule has 2 amide bonds. The van der Waals surface area contributed by atoms with Crippen molar-refractivity contribution in [3.8, 4) is 0 Å².